The summed E-state index contributed by atoms with van der Waals surface area (Å²) in [7, 11) is -3.67. The smallest absolute Gasteiger partial charge is 0.264 e. The molecule has 0 aliphatic carbocycles. The number of rotatable bonds is 4. The van der Waals surface area contributed by atoms with Crippen LogP contribution >= 0.6 is 0 Å². The highest BCUT2D eigenvalue weighted by Gasteiger charge is 2.23. The van der Waals surface area contributed by atoms with Gasteiger partial charge in [0.1, 0.15) is 0 Å². The Morgan fingerprint density at radius 3 is 2.38 bits per heavy atom. The second-order valence-corrected chi connectivity index (χ2v) is 6.51. The van der Waals surface area contributed by atoms with Crippen LogP contribution in [0.2, 0.25) is 0 Å². The fraction of sp³-hybridized carbons (Fsp3) is 0.188. The molecule has 0 spiro atoms. The zero-order valence-corrected chi connectivity index (χ0v) is 12.8. The Hall–Kier alpha value is -2.32. The third-order valence-corrected chi connectivity index (χ3v) is 5.06. The van der Waals surface area contributed by atoms with E-state index < -0.39 is 10.0 Å². The standard InChI is InChI=1S/C16H16N2O2S/c1-3-18(15-9-7-13(2)8-10-15)21(19,20)16-6-4-5-14(11-16)12-17/h4-11H,3H2,1-2H3. The van der Waals surface area contributed by atoms with Crippen LogP contribution in [0.4, 0.5) is 5.69 Å². The Bertz CT molecular complexity index is 775. The van der Waals surface area contributed by atoms with Crippen molar-refractivity contribution in [2.75, 3.05) is 10.8 Å². The summed E-state index contributed by atoms with van der Waals surface area (Å²) in [5, 5.41) is 8.91. The van der Waals surface area contributed by atoms with Crippen LogP contribution in [0.1, 0.15) is 18.1 Å². The average Bonchev–Trinajstić information content (AvgIpc) is 2.50. The molecule has 0 aliphatic rings. The molecule has 108 valence electrons. The van der Waals surface area contributed by atoms with E-state index in [1.165, 1.54) is 16.4 Å². The number of sulfonamides is 1. The molecule has 2 aromatic carbocycles. The van der Waals surface area contributed by atoms with E-state index in [2.05, 4.69) is 0 Å². The zero-order valence-electron chi connectivity index (χ0n) is 11.9. The molecule has 0 fully saturated rings. The van der Waals surface area contributed by atoms with E-state index in [1.807, 2.05) is 25.1 Å². The van der Waals surface area contributed by atoms with Gasteiger partial charge in [-0.25, -0.2) is 8.42 Å². The lowest BCUT2D eigenvalue weighted by molar-refractivity contribution is 0.592. The van der Waals surface area contributed by atoms with Crippen LogP contribution in [0.25, 0.3) is 0 Å². The highest BCUT2D eigenvalue weighted by Crippen LogP contribution is 2.24. The van der Waals surface area contributed by atoms with Gasteiger partial charge in [-0.05, 0) is 44.2 Å². The van der Waals surface area contributed by atoms with E-state index in [4.69, 9.17) is 5.26 Å². The Kier molecular flexibility index (Phi) is 4.29. The number of hydrogen-bond donors (Lipinski definition) is 0. The van der Waals surface area contributed by atoms with Gasteiger partial charge >= 0.3 is 0 Å². The van der Waals surface area contributed by atoms with Gasteiger partial charge in [-0.1, -0.05) is 23.8 Å². The molecule has 0 bridgehead atoms. The molecule has 21 heavy (non-hydrogen) atoms. The molecule has 0 amide bonds. The Balaban J connectivity index is 2.49. The number of nitrogens with zero attached hydrogens (tertiary/aromatic N) is 2. The topological polar surface area (TPSA) is 61.2 Å². The van der Waals surface area contributed by atoms with Gasteiger partial charge in [0.05, 0.1) is 22.2 Å². The van der Waals surface area contributed by atoms with Gasteiger partial charge in [-0.2, -0.15) is 5.26 Å². The first-order chi connectivity index (χ1) is 9.98. The third-order valence-electron chi connectivity index (χ3n) is 3.16. The van der Waals surface area contributed by atoms with Gasteiger partial charge in [-0.15, -0.1) is 0 Å². The number of benzene rings is 2. The van der Waals surface area contributed by atoms with Crippen molar-refractivity contribution in [2.24, 2.45) is 0 Å². The van der Waals surface area contributed by atoms with E-state index in [9.17, 15) is 8.42 Å². The van der Waals surface area contributed by atoms with Crippen LogP contribution in [-0.4, -0.2) is 15.0 Å². The normalized spacial score (nSPS) is 10.9. The molecule has 0 saturated carbocycles. The molecule has 0 saturated heterocycles. The molecular formula is C16H16N2O2S. The van der Waals surface area contributed by atoms with Gasteiger partial charge in [0.15, 0.2) is 0 Å². The van der Waals surface area contributed by atoms with Crippen molar-refractivity contribution in [2.45, 2.75) is 18.7 Å². The minimum atomic E-state index is -3.67. The number of anilines is 1. The maximum absolute atomic E-state index is 12.7. The van der Waals surface area contributed by atoms with Crippen LogP contribution < -0.4 is 4.31 Å². The maximum atomic E-state index is 12.7. The quantitative estimate of drug-likeness (QED) is 0.871. The van der Waals surface area contributed by atoms with Gasteiger partial charge in [0.25, 0.3) is 10.0 Å². The summed E-state index contributed by atoms with van der Waals surface area (Å²) in [6.07, 6.45) is 0. The Morgan fingerprint density at radius 1 is 1.14 bits per heavy atom. The summed E-state index contributed by atoms with van der Waals surface area (Å²) in [5.41, 5.74) is 2.01. The minimum Gasteiger partial charge on any atom is -0.267 e. The molecule has 0 N–H and O–H groups in total. The van der Waals surface area contributed by atoms with E-state index in [1.54, 1.807) is 31.2 Å². The van der Waals surface area contributed by atoms with E-state index in [0.717, 1.165) is 5.56 Å². The first-order valence-corrected chi connectivity index (χ1v) is 8.02. The fourth-order valence-corrected chi connectivity index (χ4v) is 3.58. The van der Waals surface area contributed by atoms with Crippen LogP contribution in [-0.2, 0) is 10.0 Å². The zero-order chi connectivity index (χ0) is 15.5. The predicted molar refractivity (Wildman–Crippen MR) is 82.5 cm³/mol. The molecule has 0 heterocycles. The van der Waals surface area contributed by atoms with Crippen molar-refractivity contribution in [1.29, 1.82) is 5.26 Å². The molecule has 2 rings (SSSR count). The summed E-state index contributed by atoms with van der Waals surface area (Å²) >= 11 is 0. The van der Waals surface area contributed by atoms with Crippen LogP contribution in [0, 0.1) is 18.3 Å². The molecule has 0 aromatic heterocycles. The summed E-state index contributed by atoms with van der Waals surface area (Å²) in [6.45, 7) is 4.05. The average molecular weight is 300 g/mol. The van der Waals surface area contributed by atoms with Crippen molar-refractivity contribution in [1.82, 2.24) is 0 Å². The lowest BCUT2D eigenvalue weighted by Crippen LogP contribution is -2.30. The molecule has 2 aromatic rings. The summed E-state index contributed by atoms with van der Waals surface area (Å²) < 4.78 is 26.8. The van der Waals surface area contributed by atoms with E-state index >= 15 is 0 Å². The van der Waals surface area contributed by atoms with Crippen molar-refractivity contribution in [3.05, 3.63) is 59.7 Å². The Labute approximate surface area is 125 Å². The summed E-state index contributed by atoms with van der Waals surface area (Å²) in [6, 6.07) is 15.3. The van der Waals surface area contributed by atoms with Gasteiger partial charge < -0.3 is 0 Å². The summed E-state index contributed by atoms with van der Waals surface area (Å²) in [5.74, 6) is 0. The van der Waals surface area contributed by atoms with E-state index in [0.29, 0.717) is 17.8 Å². The summed E-state index contributed by atoms with van der Waals surface area (Å²) in [4.78, 5) is 0.129. The molecule has 0 atom stereocenters. The monoisotopic (exact) mass is 300 g/mol. The highest BCUT2D eigenvalue weighted by molar-refractivity contribution is 7.92. The van der Waals surface area contributed by atoms with Crippen molar-refractivity contribution < 1.29 is 8.42 Å². The number of aryl methyl sites for hydroxylation is 1. The fourth-order valence-electron chi connectivity index (χ4n) is 2.06. The maximum Gasteiger partial charge on any atom is 0.264 e. The molecule has 0 radical (unpaired) electrons. The number of nitriles is 1. The molecule has 0 unspecified atom stereocenters. The highest BCUT2D eigenvalue weighted by atomic mass is 32.2. The second kappa shape index (κ2) is 5.98. The van der Waals surface area contributed by atoms with Crippen molar-refractivity contribution >= 4 is 15.7 Å². The van der Waals surface area contributed by atoms with Crippen molar-refractivity contribution in [3.8, 4) is 6.07 Å². The molecule has 5 heteroatoms. The van der Waals surface area contributed by atoms with E-state index in [-0.39, 0.29) is 4.90 Å². The third kappa shape index (κ3) is 3.06. The van der Waals surface area contributed by atoms with Gasteiger partial charge in [-0.3, -0.25) is 4.31 Å². The minimum absolute atomic E-state index is 0.129. The van der Waals surface area contributed by atoms with Crippen LogP contribution in [0.5, 0.6) is 0 Å². The molecular weight excluding hydrogens is 284 g/mol. The van der Waals surface area contributed by atoms with Gasteiger partial charge in [0, 0.05) is 6.54 Å². The largest absolute Gasteiger partial charge is 0.267 e. The molecule has 0 aliphatic heterocycles. The Morgan fingerprint density at radius 2 is 1.81 bits per heavy atom. The van der Waals surface area contributed by atoms with Crippen LogP contribution in [0.3, 0.4) is 0 Å². The molecule has 4 nitrogen and oxygen atoms in total. The second-order valence-electron chi connectivity index (χ2n) is 4.64. The van der Waals surface area contributed by atoms with Crippen molar-refractivity contribution in [3.63, 3.8) is 0 Å². The first kappa shape index (κ1) is 15.1. The van der Waals surface area contributed by atoms with Gasteiger partial charge in [0.2, 0.25) is 0 Å². The SMILES string of the molecule is CCN(c1ccc(C)cc1)S(=O)(=O)c1cccc(C#N)c1. The predicted octanol–water partition coefficient (Wildman–Crippen LogP) is 3.08. The van der Waals surface area contributed by atoms with Crippen LogP contribution in [0.15, 0.2) is 53.4 Å². The number of hydrogen-bond acceptors (Lipinski definition) is 3. The first-order valence-electron chi connectivity index (χ1n) is 6.58. The lowest BCUT2D eigenvalue weighted by atomic mass is 10.2. The lowest BCUT2D eigenvalue weighted by Gasteiger charge is -2.23.